The average molecular weight is 348 g/mol. The number of carbonyl (C=O) groups excluding carboxylic acids is 2. The molecular formula is C14H16N6O5. The zero-order valence-electron chi connectivity index (χ0n) is 13.3. The summed E-state index contributed by atoms with van der Waals surface area (Å²) in [6.45, 7) is 0.735. The van der Waals surface area contributed by atoms with Gasteiger partial charge in [-0.1, -0.05) is 5.16 Å². The van der Waals surface area contributed by atoms with E-state index in [1.54, 1.807) is 4.90 Å². The minimum atomic E-state index is -0.787. The van der Waals surface area contributed by atoms with Gasteiger partial charge in [0.1, 0.15) is 12.0 Å². The van der Waals surface area contributed by atoms with Gasteiger partial charge in [0.25, 0.3) is 11.5 Å². The molecule has 3 rings (SSSR count). The van der Waals surface area contributed by atoms with Crippen LogP contribution in [0.3, 0.4) is 0 Å². The van der Waals surface area contributed by atoms with Crippen LogP contribution in [0.15, 0.2) is 21.8 Å². The molecule has 2 aromatic rings. The topological polar surface area (TPSA) is 157 Å². The Balaban J connectivity index is 1.95. The summed E-state index contributed by atoms with van der Waals surface area (Å²) in [7, 11) is 1.42. The third-order valence-electron chi connectivity index (χ3n) is 4.02. The van der Waals surface area contributed by atoms with Crippen LogP contribution in [0, 0.1) is 5.92 Å². The molecule has 0 radical (unpaired) electrons. The van der Waals surface area contributed by atoms with Crippen molar-refractivity contribution < 1.29 is 19.2 Å². The number of hydrogen-bond donors (Lipinski definition) is 3. The highest BCUT2D eigenvalue weighted by atomic mass is 16.5. The van der Waals surface area contributed by atoms with Gasteiger partial charge in [0.15, 0.2) is 5.69 Å². The molecule has 2 aromatic heterocycles. The molecule has 132 valence electrons. The maximum Gasteiger partial charge on any atom is 0.297 e. The fraction of sp³-hybridized carbons (Fsp3) is 0.357. The standard InChI is InChI=1S/C14H16N6O5/c1-19-13(24)10(21)9(12(23)17-8-4-16-25-6-8)18-14(19)20-3-2-7(5-20)11(15)22/h4,6-7,21H,2-3,5H2,1H3,(H2,15,22)(H,17,23)/t7-/m1/s1. The first-order valence-corrected chi connectivity index (χ1v) is 7.43. The Morgan fingerprint density at radius 3 is 2.84 bits per heavy atom. The molecule has 11 nitrogen and oxygen atoms in total. The number of hydrogen-bond acceptors (Lipinski definition) is 8. The first-order chi connectivity index (χ1) is 11.9. The van der Waals surface area contributed by atoms with E-state index in [0.29, 0.717) is 13.0 Å². The summed E-state index contributed by atoms with van der Waals surface area (Å²) in [6.07, 6.45) is 2.97. The van der Waals surface area contributed by atoms with Crippen LogP contribution in [0.5, 0.6) is 5.75 Å². The molecule has 0 bridgehead atoms. The lowest BCUT2D eigenvalue weighted by atomic mass is 10.1. The van der Waals surface area contributed by atoms with Crippen LogP contribution in [0.1, 0.15) is 16.9 Å². The Bertz CT molecular complexity index is 875. The van der Waals surface area contributed by atoms with Crippen LogP contribution in [-0.4, -0.2) is 44.7 Å². The lowest BCUT2D eigenvalue weighted by Crippen LogP contribution is -2.33. The highest BCUT2D eigenvalue weighted by Gasteiger charge is 2.30. The summed E-state index contributed by atoms with van der Waals surface area (Å²) in [5.41, 5.74) is 4.36. The second-order valence-corrected chi connectivity index (χ2v) is 5.67. The van der Waals surface area contributed by atoms with Crippen molar-refractivity contribution in [3.8, 4) is 5.75 Å². The first-order valence-electron chi connectivity index (χ1n) is 7.43. The minimum Gasteiger partial charge on any atom is -0.501 e. The zero-order chi connectivity index (χ0) is 18.1. The number of amides is 2. The maximum atomic E-state index is 12.3. The van der Waals surface area contributed by atoms with E-state index < -0.39 is 28.8 Å². The van der Waals surface area contributed by atoms with E-state index in [2.05, 4.69) is 20.0 Å². The number of nitrogens with zero attached hydrogens (tertiary/aromatic N) is 4. The molecule has 0 unspecified atom stereocenters. The van der Waals surface area contributed by atoms with Crippen molar-refractivity contribution in [3.63, 3.8) is 0 Å². The molecule has 1 saturated heterocycles. The molecule has 1 fully saturated rings. The molecule has 1 atom stereocenters. The highest BCUT2D eigenvalue weighted by Crippen LogP contribution is 2.23. The molecule has 4 N–H and O–H groups in total. The molecule has 3 heterocycles. The Hall–Kier alpha value is -3.37. The van der Waals surface area contributed by atoms with E-state index >= 15 is 0 Å². The van der Waals surface area contributed by atoms with Crippen molar-refractivity contribution >= 4 is 23.5 Å². The quantitative estimate of drug-likeness (QED) is 0.637. The minimum absolute atomic E-state index is 0.169. The fourth-order valence-corrected chi connectivity index (χ4v) is 2.65. The molecular weight excluding hydrogens is 332 g/mol. The molecule has 0 saturated carbocycles. The van der Waals surface area contributed by atoms with Crippen molar-refractivity contribution in [3.05, 3.63) is 28.5 Å². The highest BCUT2D eigenvalue weighted by molar-refractivity contribution is 6.04. The van der Waals surface area contributed by atoms with E-state index in [0.717, 1.165) is 4.57 Å². The van der Waals surface area contributed by atoms with Crippen molar-refractivity contribution in [2.75, 3.05) is 23.3 Å². The zero-order valence-corrected chi connectivity index (χ0v) is 13.3. The fourth-order valence-electron chi connectivity index (χ4n) is 2.65. The van der Waals surface area contributed by atoms with Crippen molar-refractivity contribution in [1.82, 2.24) is 14.7 Å². The van der Waals surface area contributed by atoms with Gasteiger partial charge in [0.05, 0.1) is 12.1 Å². The third kappa shape index (κ3) is 3.03. The first kappa shape index (κ1) is 16.5. The van der Waals surface area contributed by atoms with E-state index in [9.17, 15) is 19.5 Å². The summed E-state index contributed by atoms with van der Waals surface area (Å²) < 4.78 is 5.72. The monoisotopic (exact) mass is 348 g/mol. The second kappa shape index (κ2) is 6.26. The number of aromatic hydroxyl groups is 1. The Kier molecular flexibility index (Phi) is 4.13. The van der Waals surface area contributed by atoms with Crippen LogP contribution in [0.25, 0.3) is 0 Å². The molecule has 25 heavy (non-hydrogen) atoms. The smallest absolute Gasteiger partial charge is 0.297 e. The summed E-state index contributed by atoms with van der Waals surface area (Å²) >= 11 is 0. The number of rotatable bonds is 4. The Morgan fingerprint density at radius 2 is 2.24 bits per heavy atom. The largest absolute Gasteiger partial charge is 0.501 e. The number of anilines is 2. The summed E-state index contributed by atoms with van der Waals surface area (Å²) in [5.74, 6) is -2.19. The van der Waals surface area contributed by atoms with E-state index in [1.807, 2.05) is 0 Å². The molecule has 2 amide bonds. The van der Waals surface area contributed by atoms with Crippen LogP contribution in [-0.2, 0) is 11.8 Å². The van der Waals surface area contributed by atoms with Gasteiger partial charge in [-0.15, -0.1) is 0 Å². The number of aromatic nitrogens is 3. The summed E-state index contributed by atoms with van der Waals surface area (Å²) in [5, 5.41) is 15.8. The van der Waals surface area contributed by atoms with Crippen molar-refractivity contribution in [2.24, 2.45) is 18.7 Å². The number of carbonyl (C=O) groups is 2. The SMILES string of the molecule is Cn1c(N2CC[C@@H](C(N)=O)C2)nc(C(=O)Nc2cnoc2)c(O)c1=O. The van der Waals surface area contributed by atoms with Crippen LogP contribution >= 0.6 is 0 Å². The van der Waals surface area contributed by atoms with Gasteiger partial charge in [0, 0.05) is 20.1 Å². The number of nitrogens with two attached hydrogens (primary N) is 1. The van der Waals surface area contributed by atoms with Gasteiger partial charge in [0.2, 0.25) is 17.6 Å². The molecule has 0 aliphatic carbocycles. The molecule has 0 aromatic carbocycles. The summed E-state index contributed by atoms with van der Waals surface area (Å²) in [6, 6.07) is 0. The average Bonchev–Trinajstić information content (AvgIpc) is 3.24. The number of primary amides is 1. The maximum absolute atomic E-state index is 12.3. The van der Waals surface area contributed by atoms with Crippen molar-refractivity contribution in [1.29, 1.82) is 0 Å². The summed E-state index contributed by atoms with van der Waals surface area (Å²) in [4.78, 5) is 41.6. The van der Waals surface area contributed by atoms with Gasteiger partial charge in [-0.25, -0.2) is 4.98 Å². The lowest BCUT2D eigenvalue weighted by molar-refractivity contribution is -0.121. The third-order valence-corrected chi connectivity index (χ3v) is 4.02. The van der Waals surface area contributed by atoms with Crippen LogP contribution < -0.4 is 21.5 Å². The predicted molar refractivity (Wildman–Crippen MR) is 85.1 cm³/mol. The van der Waals surface area contributed by atoms with Crippen molar-refractivity contribution in [2.45, 2.75) is 6.42 Å². The normalized spacial score (nSPS) is 16.8. The van der Waals surface area contributed by atoms with Gasteiger partial charge < -0.3 is 25.6 Å². The van der Waals surface area contributed by atoms with Crippen LogP contribution in [0.4, 0.5) is 11.6 Å². The molecule has 11 heteroatoms. The predicted octanol–water partition coefficient (Wildman–Crippen LogP) is -0.962. The van der Waals surface area contributed by atoms with Gasteiger partial charge in [-0.05, 0) is 6.42 Å². The van der Waals surface area contributed by atoms with Gasteiger partial charge in [-0.2, -0.15) is 0 Å². The molecule has 1 aliphatic rings. The van der Waals surface area contributed by atoms with E-state index in [4.69, 9.17) is 5.73 Å². The Morgan fingerprint density at radius 1 is 1.48 bits per heavy atom. The van der Waals surface area contributed by atoms with E-state index in [1.165, 1.54) is 19.5 Å². The second-order valence-electron chi connectivity index (χ2n) is 5.67. The van der Waals surface area contributed by atoms with E-state index in [-0.39, 0.29) is 24.1 Å². The van der Waals surface area contributed by atoms with Gasteiger partial charge >= 0.3 is 0 Å². The van der Waals surface area contributed by atoms with Gasteiger partial charge in [-0.3, -0.25) is 19.0 Å². The Labute approximate surface area is 141 Å². The lowest BCUT2D eigenvalue weighted by Gasteiger charge is -2.20. The van der Waals surface area contributed by atoms with Crippen LogP contribution in [0.2, 0.25) is 0 Å². The number of nitrogens with one attached hydrogen (secondary N) is 1. The molecule has 0 spiro atoms. The molecule has 1 aliphatic heterocycles.